The fraction of sp³-hybridized carbons (Fsp3) is 0.235. The SMILES string of the molecule is CCCN1C(=O)c2ccccc2N[C@H]1c1cc(Cl)cc([N+](=O)[O-])c1O. The monoisotopic (exact) mass is 361 g/mol. The minimum atomic E-state index is -0.750. The molecule has 0 bridgehead atoms. The number of aromatic hydroxyl groups is 1. The lowest BCUT2D eigenvalue weighted by atomic mass is 10.0. The zero-order valence-electron chi connectivity index (χ0n) is 13.4. The van der Waals surface area contributed by atoms with Crippen LogP contribution in [0.15, 0.2) is 36.4 Å². The highest BCUT2D eigenvalue weighted by atomic mass is 35.5. The average Bonchev–Trinajstić information content (AvgIpc) is 2.59. The zero-order valence-corrected chi connectivity index (χ0v) is 14.2. The van der Waals surface area contributed by atoms with Gasteiger partial charge in [0.1, 0.15) is 6.17 Å². The van der Waals surface area contributed by atoms with Crippen LogP contribution in [0.5, 0.6) is 5.75 Å². The molecule has 0 aliphatic carbocycles. The summed E-state index contributed by atoms with van der Waals surface area (Å²) in [6.07, 6.45) is -0.0602. The number of phenolic OH excluding ortho intramolecular Hbond substituents is 1. The number of nitro benzene ring substituents is 1. The maximum atomic E-state index is 12.8. The number of nitrogens with one attached hydrogen (secondary N) is 1. The van der Waals surface area contributed by atoms with Gasteiger partial charge in [0.15, 0.2) is 0 Å². The molecule has 130 valence electrons. The van der Waals surface area contributed by atoms with Gasteiger partial charge in [-0.05, 0) is 24.6 Å². The quantitative estimate of drug-likeness (QED) is 0.635. The Morgan fingerprint density at radius 1 is 1.36 bits per heavy atom. The largest absolute Gasteiger partial charge is 0.502 e. The molecule has 0 spiro atoms. The number of nitrogens with zero attached hydrogens (tertiary/aromatic N) is 2. The highest BCUT2D eigenvalue weighted by molar-refractivity contribution is 6.31. The first-order chi connectivity index (χ1) is 11.9. The van der Waals surface area contributed by atoms with Crippen molar-refractivity contribution in [2.45, 2.75) is 19.5 Å². The van der Waals surface area contributed by atoms with E-state index in [-0.39, 0.29) is 16.5 Å². The Kier molecular flexibility index (Phi) is 4.50. The van der Waals surface area contributed by atoms with Crippen molar-refractivity contribution in [3.8, 4) is 5.75 Å². The van der Waals surface area contributed by atoms with E-state index in [1.165, 1.54) is 11.0 Å². The highest BCUT2D eigenvalue weighted by Crippen LogP contribution is 2.41. The third kappa shape index (κ3) is 2.98. The first kappa shape index (κ1) is 17.0. The summed E-state index contributed by atoms with van der Waals surface area (Å²) in [6.45, 7) is 2.34. The molecule has 1 amide bonds. The predicted molar refractivity (Wildman–Crippen MR) is 93.9 cm³/mol. The van der Waals surface area contributed by atoms with Gasteiger partial charge in [0, 0.05) is 28.9 Å². The molecule has 0 fully saturated rings. The van der Waals surface area contributed by atoms with Crippen LogP contribution in [0.4, 0.5) is 11.4 Å². The van der Waals surface area contributed by atoms with Crippen LogP contribution >= 0.6 is 11.6 Å². The molecule has 2 aromatic rings. The Labute approximate surface area is 149 Å². The van der Waals surface area contributed by atoms with Crippen molar-refractivity contribution in [2.75, 3.05) is 11.9 Å². The highest BCUT2D eigenvalue weighted by Gasteiger charge is 2.35. The maximum Gasteiger partial charge on any atom is 0.312 e. The minimum Gasteiger partial charge on any atom is -0.502 e. The molecular weight excluding hydrogens is 346 g/mol. The van der Waals surface area contributed by atoms with E-state index in [0.717, 1.165) is 6.07 Å². The van der Waals surface area contributed by atoms with Crippen molar-refractivity contribution in [2.24, 2.45) is 0 Å². The summed E-state index contributed by atoms with van der Waals surface area (Å²) >= 11 is 6.00. The summed E-state index contributed by atoms with van der Waals surface area (Å²) in [7, 11) is 0. The second kappa shape index (κ2) is 6.60. The predicted octanol–water partition coefficient (Wildman–Crippen LogP) is 3.93. The molecule has 0 aromatic heterocycles. The summed E-state index contributed by atoms with van der Waals surface area (Å²) in [4.78, 5) is 24.8. The van der Waals surface area contributed by atoms with Crippen molar-refractivity contribution in [1.82, 2.24) is 4.90 Å². The van der Waals surface area contributed by atoms with Gasteiger partial charge in [-0.1, -0.05) is 30.7 Å². The molecule has 8 heteroatoms. The molecule has 1 aliphatic heterocycles. The Morgan fingerprint density at radius 3 is 2.76 bits per heavy atom. The number of carbonyl (C=O) groups is 1. The first-order valence-electron chi connectivity index (χ1n) is 7.77. The Bertz CT molecular complexity index is 856. The topological polar surface area (TPSA) is 95.7 Å². The van der Waals surface area contributed by atoms with Gasteiger partial charge in [-0.25, -0.2) is 0 Å². The van der Waals surface area contributed by atoms with E-state index in [0.29, 0.717) is 24.2 Å². The van der Waals surface area contributed by atoms with Gasteiger partial charge in [-0.3, -0.25) is 14.9 Å². The van der Waals surface area contributed by atoms with Crippen molar-refractivity contribution in [1.29, 1.82) is 0 Å². The summed E-state index contributed by atoms with van der Waals surface area (Å²) in [5, 5.41) is 24.8. The lowest BCUT2D eigenvalue weighted by Crippen LogP contribution is -2.43. The second-order valence-electron chi connectivity index (χ2n) is 5.71. The van der Waals surface area contributed by atoms with Gasteiger partial charge in [-0.2, -0.15) is 0 Å². The normalized spacial score (nSPS) is 16.3. The Morgan fingerprint density at radius 2 is 2.08 bits per heavy atom. The van der Waals surface area contributed by atoms with Crippen LogP contribution in [0, 0.1) is 10.1 Å². The summed E-state index contributed by atoms with van der Waals surface area (Å²) in [5.74, 6) is -0.705. The standard InChI is InChI=1S/C17H16ClN3O4/c1-2-7-20-16(19-13-6-4-3-5-11(13)17(20)23)12-8-10(18)9-14(15(12)22)21(24)25/h3-6,8-9,16,19,22H,2,7H2,1H3/t16-/m1/s1. The summed E-state index contributed by atoms with van der Waals surface area (Å²) in [6, 6.07) is 9.54. The van der Waals surface area contributed by atoms with Crippen LogP contribution in [0.25, 0.3) is 0 Å². The molecule has 0 radical (unpaired) electrons. The Balaban J connectivity index is 2.15. The van der Waals surface area contributed by atoms with Crippen LogP contribution in [0.1, 0.15) is 35.4 Å². The van der Waals surface area contributed by atoms with E-state index in [4.69, 9.17) is 11.6 Å². The number of anilines is 1. The number of fused-ring (bicyclic) bond motifs is 1. The molecule has 0 saturated carbocycles. The van der Waals surface area contributed by atoms with Gasteiger partial charge < -0.3 is 15.3 Å². The number of benzene rings is 2. The van der Waals surface area contributed by atoms with Gasteiger partial charge in [0.2, 0.25) is 5.75 Å². The first-order valence-corrected chi connectivity index (χ1v) is 8.15. The van der Waals surface area contributed by atoms with Gasteiger partial charge in [0.05, 0.1) is 10.5 Å². The Hall–Kier alpha value is -2.80. The third-order valence-corrected chi connectivity index (χ3v) is 4.28. The fourth-order valence-corrected chi connectivity index (χ4v) is 3.18. The van der Waals surface area contributed by atoms with Crippen molar-refractivity contribution in [3.63, 3.8) is 0 Å². The molecule has 0 saturated heterocycles. The molecule has 1 atom stereocenters. The van der Waals surface area contributed by atoms with Crippen LogP contribution in [-0.4, -0.2) is 27.4 Å². The molecule has 2 aromatic carbocycles. The lowest BCUT2D eigenvalue weighted by molar-refractivity contribution is -0.386. The van der Waals surface area contributed by atoms with Crippen molar-refractivity contribution in [3.05, 3.63) is 62.7 Å². The maximum absolute atomic E-state index is 12.8. The van der Waals surface area contributed by atoms with Crippen molar-refractivity contribution < 1.29 is 14.8 Å². The number of carbonyl (C=O) groups excluding carboxylic acids is 1. The number of para-hydroxylation sites is 1. The fourth-order valence-electron chi connectivity index (χ4n) is 2.96. The average molecular weight is 362 g/mol. The molecule has 7 nitrogen and oxygen atoms in total. The van der Waals surface area contributed by atoms with E-state index in [2.05, 4.69) is 5.32 Å². The van der Waals surface area contributed by atoms with Crippen LogP contribution in [-0.2, 0) is 0 Å². The van der Waals surface area contributed by atoms with Crippen LogP contribution in [0.2, 0.25) is 5.02 Å². The zero-order chi connectivity index (χ0) is 18.1. The molecule has 1 aliphatic rings. The third-order valence-electron chi connectivity index (χ3n) is 4.06. The van der Waals surface area contributed by atoms with E-state index in [9.17, 15) is 20.0 Å². The molecule has 3 rings (SSSR count). The summed E-state index contributed by atoms with van der Waals surface area (Å²) in [5.41, 5.74) is 0.817. The van der Waals surface area contributed by atoms with Gasteiger partial charge in [-0.15, -0.1) is 0 Å². The number of hydrogen-bond acceptors (Lipinski definition) is 5. The lowest BCUT2D eigenvalue weighted by Gasteiger charge is -2.38. The summed E-state index contributed by atoms with van der Waals surface area (Å²) < 4.78 is 0. The van der Waals surface area contributed by atoms with E-state index in [1.807, 2.05) is 6.92 Å². The molecule has 25 heavy (non-hydrogen) atoms. The van der Waals surface area contributed by atoms with Gasteiger partial charge in [0.25, 0.3) is 5.91 Å². The molecule has 0 unspecified atom stereocenters. The number of halogens is 1. The molecular formula is C17H16ClN3O4. The number of phenols is 1. The number of hydrogen-bond donors (Lipinski definition) is 2. The molecule has 2 N–H and O–H groups in total. The van der Waals surface area contributed by atoms with Crippen LogP contribution in [0.3, 0.4) is 0 Å². The van der Waals surface area contributed by atoms with Crippen LogP contribution < -0.4 is 5.32 Å². The number of amides is 1. The number of rotatable bonds is 4. The van der Waals surface area contributed by atoms with Crippen molar-refractivity contribution >= 4 is 28.9 Å². The van der Waals surface area contributed by atoms with E-state index < -0.39 is 22.5 Å². The number of nitro groups is 1. The van der Waals surface area contributed by atoms with E-state index >= 15 is 0 Å². The smallest absolute Gasteiger partial charge is 0.312 e. The van der Waals surface area contributed by atoms with Gasteiger partial charge >= 0.3 is 5.69 Å². The van der Waals surface area contributed by atoms with E-state index in [1.54, 1.807) is 24.3 Å². The molecule has 1 heterocycles. The minimum absolute atomic E-state index is 0.115. The second-order valence-corrected chi connectivity index (χ2v) is 6.15.